The predicted octanol–water partition coefficient (Wildman–Crippen LogP) is -0.0800. The van der Waals surface area contributed by atoms with Crippen molar-refractivity contribution in [3.63, 3.8) is 0 Å². The standard InChI is InChI=1S/C16H31N5O/c1-3-17-16(19(2)11-14-4-9-22-13-14)18-10-15-12-20-5-7-21(15)8-6-20/h14-15H,3-13H2,1-2H3,(H,17,18). The molecule has 4 rings (SSSR count). The summed E-state index contributed by atoms with van der Waals surface area (Å²) in [4.78, 5) is 12.4. The summed E-state index contributed by atoms with van der Waals surface area (Å²) in [6.07, 6.45) is 1.18. The fourth-order valence-electron chi connectivity index (χ4n) is 3.76. The smallest absolute Gasteiger partial charge is 0.193 e. The highest BCUT2D eigenvalue weighted by atomic mass is 16.5. The highest BCUT2D eigenvalue weighted by molar-refractivity contribution is 5.79. The Morgan fingerprint density at radius 2 is 2.14 bits per heavy atom. The van der Waals surface area contributed by atoms with Crippen LogP contribution in [0.25, 0.3) is 0 Å². The van der Waals surface area contributed by atoms with Crippen molar-refractivity contribution in [3.8, 4) is 0 Å². The Morgan fingerprint density at radius 1 is 1.32 bits per heavy atom. The molecule has 0 aliphatic carbocycles. The topological polar surface area (TPSA) is 43.3 Å². The van der Waals surface area contributed by atoms with Gasteiger partial charge in [-0.25, -0.2) is 0 Å². The monoisotopic (exact) mass is 309 g/mol. The van der Waals surface area contributed by atoms with Gasteiger partial charge in [0.05, 0.1) is 13.2 Å². The molecule has 2 atom stereocenters. The van der Waals surface area contributed by atoms with Crippen LogP contribution in [-0.4, -0.2) is 99.3 Å². The fourth-order valence-corrected chi connectivity index (χ4v) is 3.76. The van der Waals surface area contributed by atoms with Gasteiger partial charge in [-0.2, -0.15) is 0 Å². The molecule has 0 amide bonds. The summed E-state index contributed by atoms with van der Waals surface area (Å²) in [7, 11) is 2.15. The van der Waals surface area contributed by atoms with Crippen LogP contribution in [-0.2, 0) is 4.74 Å². The summed E-state index contributed by atoms with van der Waals surface area (Å²) in [5.41, 5.74) is 0. The molecule has 4 fully saturated rings. The van der Waals surface area contributed by atoms with E-state index in [1.165, 1.54) is 39.1 Å². The van der Waals surface area contributed by atoms with Crippen LogP contribution in [0.15, 0.2) is 4.99 Å². The van der Waals surface area contributed by atoms with Crippen LogP contribution < -0.4 is 5.32 Å². The van der Waals surface area contributed by atoms with Gasteiger partial charge in [-0.1, -0.05) is 0 Å². The van der Waals surface area contributed by atoms with E-state index >= 15 is 0 Å². The second-order valence-electron chi connectivity index (χ2n) is 6.80. The third kappa shape index (κ3) is 3.91. The van der Waals surface area contributed by atoms with E-state index in [0.717, 1.165) is 38.8 Å². The van der Waals surface area contributed by atoms with Crippen LogP contribution in [0.1, 0.15) is 13.3 Å². The van der Waals surface area contributed by atoms with E-state index in [-0.39, 0.29) is 0 Å². The summed E-state index contributed by atoms with van der Waals surface area (Å²) in [5, 5.41) is 3.44. The molecule has 0 spiro atoms. The third-order valence-corrected chi connectivity index (χ3v) is 5.10. The molecule has 6 heteroatoms. The Labute approximate surface area is 134 Å². The Kier molecular flexibility index (Phi) is 5.55. The van der Waals surface area contributed by atoms with Gasteiger partial charge >= 0.3 is 0 Å². The van der Waals surface area contributed by atoms with Crippen LogP contribution in [0.2, 0.25) is 0 Å². The van der Waals surface area contributed by atoms with Gasteiger partial charge in [0.15, 0.2) is 5.96 Å². The lowest BCUT2D eigenvalue weighted by atomic mass is 10.1. The normalized spacial score (nSPS) is 34.9. The molecular weight excluding hydrogens is 278 g/mol. The summed E-state index contributed by atoms with van der Waals surface area (Å²) < 4.78 is 5.49. The molecule has 0 aromatic rings. The van der Waals surface area contributed by atoms with Crippen LogP contribution in [0.3, 0.4) is 0 Å². The second-order valence-corrected chi connectivity index (χ2v) is 6.80. The molecule has 4 saturated heterocycles. The summed E-state index contributed by atoms with van der Waals surface area (Å²) in [5.74, 6) is 1.70. The first kappa shape index (κ1) is 16.0. The number of hydrogen-bond donors (Lipinski definition) is 1. The highest BCUT2D eigenvalue weighted by Gasteiger charge is 2.31. The van der Waals surface area contributed by atoms with Crippen molar-refractivity contribution >= 4 is 5.96 Å². The number of piperazine rings is 3. The maximum Gasteiger partial charge on any atom is 0.193 e. The van der Waals surface area contributed by atoms with E-state index in [9.17, 15) is 0 Å². The number of rotatable bonds is 5. The minimum Gasteiger partial charge on any atom is -0.381 e. The largest absolute Gasteiger partial charge is 0.381 e. The van der Waals surface area contributed by atoms with Crippen LogP contribution in [0, 0.1) is 5.92 Å². The van der Waals surface area contributed by atoms with Gasteiger partial charge in [0.25, 0.3) is 0 Å². The lowest BCUT2D eigenvalue weighted by molar-refractivity contribution is 0.0173. The lowest BCUT2D eigenvalue weighted by Gasteiger charge is -2.47. The van der Waals surface area contributed by atoms with Gasteiger partial charge in [0.2, 0.25) is 0 Å². The zero-order chi connectivity index (χ0) is 15.4. The second kappa shape index (κ2) is 7.62. The van der Waals surface area contributed by atoms with Crippen molar-refractivity contribution in [3.05, 3.63) is 0 Å². The average Bonchev–Trinajstić information content (AvgIpc) is 3.05. The van der Waals surface area contributed by atoms with E-state index in [1.54, 1.807) is 0 Å². The molecular formula is C16H31N5O. The molecule has 4 aliphatic rings. The number of hydrogen-bond acceptors (Lipinski definition) is 4. The van der Waals surface area contributed by atoms with E-state index in [0.29, 0.717) is 12.0 Å². The number of nitrogens with zero attached hydrogens (tertiary/aromatic N) is 4. The molecule has 2 unspecified atom stereocenters. The van der Waals surface area contributed by atoms with Gasteiger partial charge < -0.3 is 15.0 Å². The fraction of sp³-hybridized carbons (Fsp3) is 0.938. The molecule has 22 heavy (non-hydrogen) atoms. The maximum absolute atomic E-state index is 5.49. The zero-order valence-corrected chi connectivity index (χ0v) is 14.1. The molecule has 1 N–H and O–H groups in total. The Morgan fingerprint density at radius 3 is 2.73 bits per heavy atom. The van der Waals surface area contributed by atoms with Crippen molar-refractivity contribution < 1.29 is 4.74 Å². The highest BCUT2D eigenvalue weighted by Crippen LogP contribution is 2.16. The lowest BCUT2D eigenvalue weighted by Crippen LogP contribution is -2.62. The Bertz CT molecular complexity index is 375. The SMILES string of the molecule is CCNC(=NCC1CN2CCN1CC2)N(C)CC1CCOC1. The molecule has 0 aromatic heterocycles. The molecule has 6 nitrogen and oxygen atoms in total. The minimum absolute atomic E-state index is 0.597. The molecule has 4 heterocycles. The summed E-state index contributed by atoms with van der Waals surface area (Å²) in [6, 6.07) is 0.597. The number of ether oxygens (including phenoxy) is 1. The first-order valence-corrected chi connectivity index (χ1v) is 8.80. The molecule has 0 saturated carbocycles. The molecule has 2 bridgehead atoms. The van der Waals surface area contributed by atoms with Gasteiger partial charge in [-0.05, 0) is 13.3 Å². The van der Waals surface area contributed by atoms with E-state index in [2.05, 4.69) is 34.0 Å². The Balaban J connectivity index is 1.54. The van der Waals surface area contributed by atoms with Gasteiger partial charge in [-0.3, -0.25) is 14.8 Å². The van der Waals surface area contributed by atoms with Gasteiger partial charge in [0.1, 0.15) is 0 Å². The number of fused-ring (bicyclic) bond motifs is 3. The van der Waals surface area contributed by atoms with Crippen LogP contribution in [0.4, 0.5) is 0 Å². The number of aliphatic imine (C=N–C) groups is 1. The molecule has 0 aromatic carbocycles. The summed E-state index contributed by atoms with van der Waals surface area (Å²) >= 11 is 0. The first-order valence-electron chi connectivity index (χ1n) is 8.80. The first-order chi connectivity index (χ1) is 10.8. The predicted molar refractivity (Wildman–Crippen MR) is 89.3 cm³/mol. The zero-order valence-electron chi connectivity index (χ0n) is 14.1. The minimum atomic E-state index is 0.597. The van der Waals surface area contributed by atoms with Gasteiger partial charge in [-0.15, -0.1) is 0 Å². The van der Waals surface area contributed by atoms with Crippen molar-refractivity contribution in [1.29, 1.82) is 0 Å². The van der Waals surface area contributed by atoms with Crippen LogP contribution >= 0.6 is 0 Å². The number of nitrogens with one attached hydrogen (secondary N) is 1. The number of guanidine groups is 1. The summed E-state index contributed by atoms with van der Waals surface area (Å²) in [6.45, 7) is 12.9. The van der Waals surface area contributed by atoms with Gasteiger partial charge in [0, 0.05) is 71.4 Å². The molecule has 126 valence electrons. The third-order valence-electron chi connectivity index (χ3n) is 5.10. The van der Waals surface area contributed by atoms with E-state index in [4.69, 9.17) is 9.73 Å². The maximum atomic E-state index is 5.49. The molecule has 4 aliphatic heterocycles. The van der Waals surface area contributed by atoms with Crippen molar-refractivity contribution in [1.82, 2.24) is 20.0 Å². The van der Waals surface area contributed by atoms with Crippen LogP contribution in [0.5, 0.6) is 0 Å². The van der Waals surface area contributed by atoms with Crippen molar-refractivity contribution in [2.75, 3.05) is 72.6 Å². The van der Waals surface area contributed by atoms with Crippen molar-refractivity contribution in [2.24, 2.45) is 10.9 Å². The molecule has 0 radical (unpaired) electrons. The van der Waals surface area contributed by atoms with E-state index < -0.39 is 0 Å². The quantitative estimate of drug-likeness (QED) is 0.568. The average molecular weight is 309 g/mol. The van der Waals surface area contributed by atoms with E-state index in [1.807, 2.05) is 0 Å². The Hall–Kier alpha value is -0.850. The van der Waals surface area contributed by atoms with Crippen molar-refractivity contribution in [2.45, 2.75) is 19.4 Å².